The average Bonchev–Trinajstić information content (AvgIpc) is 3.54. The van der Waals surface area contributed by atoms with Crippen molar-refractivity contribution in [1.29, 1.82) is 0 Å². The average molecular weight is 558 g/mol. The Morgan fingerprint density at radius 1 is 1.11 bits per heavy atom. The molecular formula is C25H24ClN5O4S2. The number of carbonyl (C=O) groups is 2. The van der Waals surface area contributed by atoms with Crippen LogP contribution in [0.15, 0.2) is 71.2 Å². The first kappa shape index (κ1) is 25.2. The van der Waals surface area contributed by atoms with Gasteiger partial charge in [-0.15, -0.1) is 11.3 Å². The summed E-state index contributed by atoms with van der Waals surface area (Å²) >= 11 is 7.61. The van der Waals surface area contributed by atoms with E-state index >= 15 is 0 Å². The molecule has 2 amide bonds. The summed E-state index contributed by atoms with van der Waals surface area (Å²) in [4.78, 5) is 33.7. The van der Waals surface area contributed by atoms with Crippen molar-refractivity contribution in [2.75, 3.05) is 29.3 Å². The van der Waals surface area contributed by atoms with Gasteiger partial charge in [0, 0.05) is 41.9 Å². The van der Waals surface area contributed by atoms with Crippen molar-refractivity contribution < 1.29 is 18.0 Å². The van der Waals surface area contributed by atoms with E-state index < -0.39 is 15.6 Å². The SMILES string of the molecule is CC(C)(C(=O)N1CCN(c2ccc(S(=O)(=O)Nc3nccs3)cc2)C(=O)C1)n1ccc2cccc(Cl)c21. The number of hydrogen-bond acceptors (Lipinski definition) is 6. The number of halogens is 1. The van der Waals surface area contributed by atoms with Gasteiger partial charge in [0.1, 0.15) is 12.1 Å². The molecule has 12 heteroatoms. The molecule has 3 heterocycles. The van der Waals surface area contributed by atoms with E-state index in [2.05, 4.69) is 9.71 Å². The van der Waals surface area contributed by atoms with Gasteiger partial charge in [-0.2, -0.15) is 0 Å². The lowest BCUT2D eigenvalue weighted by molar-refractivity contribution is -0.143. The van der Waals surface area contributed by atoms with Crippen LogP contribution < -0.4 is 9.62 Å². The van der Waals surface area contributed by atoms with Crippen LogP contribution in [0, 0.1) is 0 Å². The van der Waals surface area contributed by atoms with Crippen LogP contribution in [0.1, 0.15) is 13.8 Å². The van der Waals surface area contributed by atoms with Crippen LogP contribution in [-0.2, 0) is 25.2 Å². The molecular weight excluding hydrogens is 534 g/mol. The van der Waals surface area contributed by atoms with E-state index in [1.54, 1.807) is 33.4 Å². The molecule has 1 aliphatic heterocycles. The second kappa shape index (κ2) is 9.47. The summed E-state index contributed by atoms with van der Waals surface area (Å²) in [5.74, 6) is -0.435. The predicted octanol–water partition coefficient (Wildman–Crippen LogP) is 4.16. The molecule has 0 spiro atoms. The highest BCUT2D eigenvalue weighted by molar-refractivity contribution is 7.93. The molecule has 0 radical (unpaired) electrons. The third-order valence-electron chi connectivity index (χ3n) is 6.41. The standard InChI is InChI=1S/C25H24ClN5O4S2/c1-25(2,31-12-10-17-4-3-5-20(26)22(17)31)23(33)29-13-14-30(21(32)16-29)18-6-8-19(9-7-18)37(34,35)28-24-27-11-15-36-24/h3-12,15H,13-14,16H2,1-2H3,(H,27,28). The Morgan fingerprint density at radius 2 is 1.86 bits per heavy atom. The monoisotopic (exact) mass is 557 g/mol. The van der Waals surface area contributed by atoms with Crippen molar-refractivity contribution in [1.82, 2.24) is 14.5 Å². The maximum absolute atomic E-state index is 13.6. The number of nitrogens with one attached hydrogen (secondary N) is 1. The first-order valence-corrected chi connectivity index (χ1v) is 14.2. The smallest absolute Gasteiger partial charge is 0.263 e. The second-order valence-corrected chi connectivity index (χ2v) is 12.1. The molecule has 37 heavy (non-hydrogen) atoms. The molecule has 1 aliphatic rings. The van der Waals surface area contributed by atoms with Gasteiger partial charge in [-0.3, -0.25) is 14.3 Å². The van der Waals surface area contributed by atoms with Crippen LogP contribution >= 0.6 is 22.9 Å². The number of rotatable bonds is 6. The van der Waals surface area contributed by atoms with E-state index in [4.69, 9.17) is 11.6 Å². The summed E-state index contributed by atoms with van der Waals surface area (Å²) in [6, 6.07) is 13.6. The Labute approximate surface area is 223 Å². The normalized spacial score (nSPS) is 14.8. The third-order valence-corrected chi connectivity index (χ3v) is 8.89. The molecule has 5 rings (SSSR count). The van der Waals surface area contributed by atoms with E-state index in [9.17, 15) is 18.0 Å². The number of carbonyl (C=O) groups excluding carboxylic acids is 2. The minimum Gasteiger partial charge on any atom is -0.332 e. The van der Waals surface area contributed by atoms with E-state index in [1.807, 2.05) is 42.8 Å². The predicted molar refractivity (Wildman–Crippen MR) is 145 cm³/mol. The number of hydrogen-bond donors (Lipinski definition) is 1. The summed E-state index contributed by atoms with van der Waals surface area (Å²) in [6.45, 7) is 4.17. The molecule has 1 saturated heterocycles. The third kappa shape index (κ3) is 4.70. The number of amides is 2. The van der Waals surface area contributed by atoms with Crippen LogP contribution in [0.3, 0.4) is 0 Å². The number of fused-ring (bicyclic) bond motifs is 1. The Bertz CT molecular complexity index is 1580. The topological polar surface area (TPSA) is 105 Å². The van der Waals surface area contributed by atoms with Gasteiger partial charge in [0.2, 0.25) is 11.8 Å². The number of thiazole rings is 1. The quantitative estimate of drug-likeness (QED) is 0.383. The molecule has 4 aromatic rings. The van der Waals surface area contributed by atoms with E-state index in [1.165, 1.54) is 29.7 Å². The zero-order chi connectivity index (χ0) is 26.4. The van der Waals surface area contributed by atoms with Crippen molar-refractivity contribution in [2.45, 2.75) is 24.3 Å². The molecule has 0 unspecified atom stereocenters. The Kier molecular flexibility index (Phi) is 6.47. The summed E-state index contributed by atoms with van der Waals surface area (Å²) in [5.41, 5.74) is 0.370. The Hall–Kier alpha value is -3.41. The minimum atomic E-state index is -3.79. The zero-order valence-corrected chi connectivity index (χ0v) is 22.5. The van der Waals surface area contributed by atoms with Crippen molar-refractivity contribution in [3.63, 3.8) is 0 Å². The Morgan fingerprint density at radius 3 is 2.54 bits per heavy atom. The molecule has 0 aliphatic carbocycles. The first-order valence-electron chi connectivity index (χ1n) is 11.5. The number of nitrogens with zero attached hydrogens (tertiary/aromatic N) is 4. The van der Waals surface area contributed by atoms with Gasteiger partial charge >= 0.3 is 0 Å². The van der Waals surface area contributed by atoms with E-state index in [-0.39, 0.29) is 34.9 Å². The molecule has 1 fully saturated rings. The van der Waals surface area contributed by atoms with Crippen LogP contribution in [-0.4, -0.2) is 54.3 Å². The van der Waals surface area contributed by atoms with E-state index in [0.717, 1.165) is 10.9 Å². The number of sulfonamides is 1. The van der Waals surface area contributed by atoms with Gasteiger partial charge in [0.25, 0.3) is 10.0 Å². The Balaban J connectivity index is 1.30. The van der Waals surface area contributed by atoms with Crippen LogP contribution in [0.25, 0.3) is 10.9 Å². The highest BCUT2D eigenvalue weighted by Crippen LogP contribution is 2.31. The van der Waals surface area contributed by atoms with Crippen LogP contribution in [0.5, 0.6) is 0 Å². The largest absolute Gasteiger partial charge is 0.332 e. The molecule has 0 atom stereocenters. The molecule has 1 N–H and O–H groups in total. The molecule has 192 valence electrons. The molecule has 0 saturated carbocycles. The van der Waals surface area contributed by atoms with E-state index in [0.29, 0.717) is 17.3 Å². The first-order chi connectivity index (χ1) is 17.6. The number of benzene rings is 2. The number of aromatic nitrogens is 2. The van der Waals surface area contributed by atoms with Gasteiger partial charge in [-0.05, 0) is 50.2 Å². The summed E-state index contributed by atoms with van der Waals surface area (Å²) in [5, 5.41) is 3.44. The van der Waals surface area contributed by atoms with Crippen molar-refractivity contribution in [3.05, 3.63) is 71.3 Å². The van der Waals surface area contributed by atoms with Crippen molar-refractivity contribution in [2.24, 2.45) is 0 Å². The van der Waals surface area contributed by atoms with Crippen molar-refractivity contribution >= 4 is 66.5 Å². The molecule has 2 aromatic heterocycles. The van der Waals surface area contributed by atoms with Gasteiger partial charge in [-0.25, -0.2) is 13.4 Å². The maximum atomic E-state index is 13.6. The maximum Gasteiger partial charge on any atom is 0.263 e. The van der Waals surface area contributed by atoms with Crippen LogP contribution in [0.4, 0.5) is 10.8 Å². The number of anilines is 2. The number of piperazine rings is 1. The highest BCUT2D eigenvalue weighted by Gasteiger charge is 2.38. The zero-order valence-electron chi connectivity index (χ0n) is 20.1. The lowest BCUT2D eigenvalue weighted by Crippen LogP contribution is -2.57. The lowest BCUT2D eigenvalue weighted by Gasteiger charge is -2.39. The highest BCUT2D eigenvalue weighted by atomic mass is 35.5. The fourth-order valence-electron chi connectivity index (χ4n) is 4.48. The number of para-hydroxylation sites is 1. The minimum absolute atomic E-state index is 0.0621. The van der Waals surface area contributed by atoms with Gasteiger partial charge in [0.05, 0.1) is 15.4 Å². The second-order valence-electron chi connectivity index (χ2n) is 9.13. The van der Waals surface area contributed by atoms with Gasteiger partial charge in [0.15, 0.2) is 5.13 Å². The molecule has 0 bridgehead atoms. The summed E-state index contributed by atoms with van der Waals surface area (Å²) in [6.07, 6.45) is 3.35. The van der Waals surface area contributed by atoms with Crippen molar-refractivity contribution in [3.8, 4) is 0 Å². The summed E-state index contributed by atoms with van der Waals surface area (Å²) in [7, 11) is -3.79. The fourth-order valence-corrected chi connectivity index (χ4v) is 6.54. The fraction of sp³-hybridized carbons (Fsp3) is 0.240. The van der Waals surface area contributed by atoms with Gasteiger partial charge in [-0.1, -0.05) is 23.7 Å². The van der Waals surface area contributed by atoms with Crippen LogP contribution in [0.2, 0.25) is 5.02 Å². The van der Waals surface area contributed by atoms with Gasteiger partial charge < -0.3 is 14.4 Å². The summed E-state index contributed by atoms with van der Waals surface area (Å²) < 4.78 is 29.4. The lowest BCUT2D eigenvalue weighted by atomic mass is 10.0. The molecule has 9 nitrogen and oxygen atoms in total. The molecule has 2 aromatic carbocycles.